The number of hydrogen-bond acceptors (Lipinski definition) is 4. The topological polar surface area (TPSA) is 38.1 Å². The first kappa shape index (κ1) is 11.3. The number of furan rings is 1. The van der Waals surface area contributed by atoms with E-state index in [1.807, 2.05) is 12.1 Å². The van der Waals surface area contributed by atoms with Crippen LogP contribution in [0.25, 0.3) is 10.2 Å². The van der Waals surface area contributed by atoms with Gasteiger partial charge in [0.25, 0.3) is 0 Å². The van der Waals surface area contributed by atoms with Crippen LogP contribution in [0.3, 0.4) is 0 Å². The Morgan fingerprint density at radius 3 is 3.00 bits per heavy atom. The molecule has 0 saturated heterocycles. The summed E-state index contributed by atoms with van der Waals surface area (Å²) < 4.78 is 6.59. The van der Waals surface area contributed by atoms with E-state index in [9.17, 15) is 0 Å². The highest BCUT2D eigenvalue weighted by atomic mass is 32.1. The van der Waals surface area contributed by atoms with Crippen LogP contribution in [-0.4, -0.2) is 4.98 Å². The molecule has 1 aromatic carbocycles. The predicted octanol–water partition coefficient (Wildman–Crippen LogP) is 4.37. The second kappa shape index (κ2) is 4.46. The molecule has 0 aliphatic carbocycles. The summed E-state index contributed by atoms with van der Waals surface area (Å²) >= 11 is 1.67. The number of nitrogens with one attached hydrogen (secondary N) is 1. The van der Waals surface area contributed by atoms with E-state index in [1.54, 1.807) is 17.6 Å². The zero-order chi connectivity index (χ0) is 12.5. The first-order chi connectivity index (χ1) is 8.72. The van der Waals surface area contributed by atoms with Crippen LogP contribution in [0.5, 0.6) is 0 Å². The normalized spacial score (nSPS) is 12.8. The molecule has 0 saturated carbocycles. The van der Waals surface area contributed by atoms with Gasteiger partial charge in [0.05, 0.1) is 22.5 Å². The Kier molecular flexibility index (Phi) is 2.80. The predicted molar refractivity (Wildman–Crippen MR) is 75.1 cm³/mol. The Bertz CT molecular complexity index is 658. The van der Waals surface area contributed by atoms with Crippen LogP contribution in [0.2, 0.25) is 0 Å². The molecule has 1 unspecified atom stereocenters. The standard InChI is InChI=1S/C14H14N2OS/c1-9-5-6-11-13(8-9)18-14(16-11)15-10(2)12-4-3-7-17-12/h3-8,10H,1-2H3,(H,15,16). The summed E-state index contributed by atoms with van der Waals surface area (Å²) in [6.07, 6.45) is 1.69. The van der Waals surface area contributed by atoms with Gasteiger partial charge in [-0.2, -0.15) is 0 Å². The van der Waals surface area contributed by atoms with E-state index in [2.05, 4.69) is 42.3 Å². The van der Waals surface area contributed by atoms with E-state index in [0.717, 1.165) is 16.4 Å². The Morgan fingerprint density at radius 2 is 2.22 bits per heavy atom. The minimum Gasteiger partial charge on any atom is -0.467 e. The van der Waals surface area contributed by atoms with Crippen LogP contribution in [-0.2, 0) is 0 Å². The number of aromatic nitrogens is 1. The van der Waals surface area contributed by atoms with Gasteiger partial charge < -0.3 is 9.73 Å². The fourth-order valence-corrected chi connectivity index (χ4v) is 2.94. The highest BCUT2D eigenvalue weighted by Crippen LogP contribution is 2.29. The summed E-state index contributed by atoms with van der Waals surface area (Å²) in [7, 11) is 0. The average Bonchev–Trinajstić information content (AvgIpc) is 2.95. The van der Waals surface area contributed by atoms with Crippen molar-refractivity contribution in [1.82, 2.24) is 4.98 Å². The number of benzene rings is 1. The summed E-state index contributed by atoms with van der Waals surface area (Å²) in [6, 6.07) is 10.3. The maximum Gasteiger partial charge on any atom is 0.184 e. The van der Waals surface area contributed by atoms with E-state index in [4.69, 9.17) is 4.42 Å². The molecule has 92 valence electrons. The van der Waals surface area contributed by atoms with E-state index >= 15 is 0 Å². The lowest BCUT2D eigenvalue weighted by atomic mass is 10.2. The summed E-state index contributed by atoms with van der Waals surface area (Å²) in [5, 5.41) is 4.30. The molecule has 2 aromatic heterocycles. The average molecular weight is 258 g/mol. The van der Waals surface area contributed by atoms with Crippen LogP contribution >= 0.6 is 11.3 Å². The molecule has 0 amide bonds. The molecule has 0 fully saturated rings. The minimum atomic E-state index is 0.127. The van der Waals surface area contributed by atoms with Crippen LogP contribution in [0.4, 0.5) is 5.13 Å². The lowest BCUT2D eigenvalue weighted by Crippen LogP contribution is -2.04. The molecule has 0 bridgehead atoms. The summed E-state index contributed by atoms with van der Waals surface area (Å²) in [6.45, 7) is 4.16. The second-order valence-electron chi connectivity index (χ2n) is 4.37. The fourth-order valence-electron chi connectivity index (χ4n) is 1.89. The lowest BCUT2D eigenvalue weighted by Gasteiger charge is -2.08. The van der Waals surface area contributed by atoms with Gasteiger partial charge in [0.2, 0.25) is 0 Å². The van der Waals surface area contributed by atoms with E-state index < -0.39 is 0 Å². The van der Waals surface area contributed by atoms with Crippen molar-refractivity contribution in [1.29, 1.82) is 0 Å². The highest BCUT2D eigenvalue weighted by Gasteiger charge is 2.10. The van der Waals surface area contributed by atoms with Crippen LogP contribution in [0, 0.1) is 6.92 Å². The second-order valence-corrected chi connectivity index (χ2v) is 5.40. The first-order valence-electron chi connectivity index (χ1n) is 5.89. The summed E-state index contributed by atoms with van der Waals surface area (Å²) in [5.74, 6) is 0.922. The number of hydrogen-bond donors (Lipinski definition) is 1. The van der Waals surface area contributed by atoms with Crippen molar-refractivity contribution >= 4 is 26.7 Å². The highest BCUT2D eigenvalue weighted by molar-refractivity contribution is 7.22. The van der Waals surface area contributed by atoms with Gasteiger partial charge in [0, 0.05) is 0 Å². The van der Waals surface area contributed by atoms with E-state index in [1.165, 1.54) is 10.3 Å². The zero-order valence-electron chi connectivity index (χ0n) is 10.3. The Hall–Kier alpha value is -1.81. The zero-order valence-corrected chi connectivity index (χ0v) is 11.1. The van der Waals surface area contributed by atoms with Crippen LogP contribution in [0.15, 0.2) is 41.0 Å². The van der Waals surface area contributed by atoms with Crippen molar-refractivity contribution in [2.24, 2.45) is 0 Å². The summed E-state index contributed by atoms with van der Waals surface area (Å²) in [5.41, 5.74) is 2.30. The van der Waals surface area contributed by atoms with Crippen molar-refractivity contribution in [2.45, 2.75) is 19.9 Å². The largest absolute Gasteiger partial charge is 0.467 e. The lowest BCUT2D eigenvalue weighted by molar-refractivity contribution is 0.490. The first-order valence-corrected chi connectivity index (χ1v) is 6.71. The van der Waals surface area contributed by atoms with Gasteiger partial charge >= 0.3 is 0 Å². The van der Waals surface area contributed by atoms with Crippen molar-refractivity contribution < 1.29 is 4.42 Å². The maximum absolute atomic E-state index is 5.38. The Labute approximate surface area is 109 Å². The quantitative estimate of drug-likeness (QED) is 0.758. The Morgan fingerprint density at radius 1 is 1.33 bits per heavy atom. The molecule has 3 rings (SSSR count). The van der Waals surface area contributed by atoms with Gasteiger partial charge in [-0.1, -0.05) is 17.4 Å². The molecule has 3 aromatic rings. The third kappa shape index (κ3) is 2.11. The molecule has 0 radical (unpaired) electrons. The molecule has 3 nitrogen and oxygen atoms in total. The van der Waals surface area contributed by atoms with Crippen molar-refractivity contribution in [2.75, 3.05) is 5.32 Å². The maximum atomic E-state index is 5.38. The number of anilines is 1. The van der Waals surface area contributed by atoms with Gasteiger partial charge in [-0.15, -0.1) is 0 Å². The third-order valence-electron chi connectivity index (χ3n) is 2.85. The molecule has 4 heteroatoms. The van der Waals surface area contributed by atoms with Crippen LogP contribution < -0.4 is 5.32 Å². The molecular formula is C14H14N2OS. The number of thiazole rings is 1. The molecule has 1 atom stereocenters. The van der Waals surface area contributed by atoms with Gasteiger partial charge in [0.15, 0.2) is 5.13 Å². The van der Waals surface area contributed by atoms with E-state index in [-0.39, 0.29) is 6.04 Å². The number of rotatable bonds is 3. The number of nitrogens with zero attached hydrogens (tertiary/aromatic N) is 1. The van der Waals surface area contributed by atoms with E-state index in [0.29, 0.717) is 0 Å². The van der Waals surface area contributed by atoms with Crippen molar-refractivity contribution in [3.8, 4) is 0 Å². The Balaban J connectivity index is 1.86. The minimum absolute atomic E-state index is 0.127. The van der Waals surface area contributed by atoms with Crippen molar-refractivity contribution in [3.05, 3.63) is 47.9 Å². The van der Waals surface area contributed by atoms with Crippen LogP contribution in [0.1, 0.15) is 24.3 Å². The molecule has 1 N–H and O–H groups in total. The van der Waals surface area contributed by atoms with Gasteiger partial charge in [-0.3, -0.25) is 0 Å². The SMILES string of the molecule is Cc1ccc2nc(NC(C)c3ccco3)sc2c1. The summed E-state index contributed by atoms with van der Waals surface area (Å²) in [4.78, 5) is 4.57. The monoisotopic (exact) mass is 258 g/mol. The molecule has 0 aliphatic rings. The van der Waals surface area contributed by atoms with Gasteiger partial charge in [0.1, 0.15) is 5.76 Å². The molecule has 0 spiro atoms. The number of aryl methyl sites for hydroxylation is 1. The van der Waals surface area contributed by atoms with Gasteiger partial charge in [-0.05, 0) is 43.7 Å². The smallest absolute Gasteiger partial charge is 0.184 e. The third-order valence-corrected chi connectivity index (χ3v) is 3.80. The molecule has 0 aliphatic heterocycles. The molecular weight excluding hydrogens is 244 g/mol. The van der Waals surface area contributed by atoms with Crippen molar-refractivity contribution in [3.63, 3.8) is 0 Å². The fraction of sp³-hybridized carbons (Fsp3) is 0.214. The van der Waals surface area contributed by atoms with Gasteiger partial charge in [-0.25, -0.2) is 4.98 Å². The number of fused-ring (bicyclic) bond motifs is 1. The molecule has 18 heavy (non-hydrogen) atoms. The molecule has 2 heterocycles.